The lowest BCUT2D eigenvalue weighted by molar-refractivity contribution is 0.0905. The van der Waals surface area contributed by atoms with Crippen molar-refractivity contribution in [1.82, 2.24) is 5.32 Å². The van der Waals surface area contributed by atoms with Crippen molar-refractivity contribution in [1.29, 1.82) is 0 Å². The molecule has 0 radical (unpaired) electrons. The minimum absolute atomic E-state index is 0.0726. The lowest BCUT2D eigenvalue weighted by Gasteiger charge is -2.15. The van der Waals surface area contributed by atoms with Crippen molar-refractivity contribution in [3.05, 3.63) is 59.7 Å². The second-order valence-electron chi connectivity index (χ2n) is 5.78. The first-order chi connectivity index (χ1) is 11.8. The van der Waals surface area contributed by atoms with Crippen molar-refractivity contribution in [3.63, 3.8) is 0 Å². The maximum Gasteiger partial charge on any atom is 0.262 e. The van der Waals surface area contributed by atoms with Gasteiger partial charge in [-0.15, -0.1) is 0 Å². The van der Waals surface area contributed by atoms with Crippen molar-refractivity contribution in [3.8, 4) is 0 Å². The molecule has 2 N–H and O–H groups in total. The van der Waals surface area contributed by atoms with Crippen LogP contribution in [0.1, 0.15) is 22.8 Å². The molecule has 0 fully saturated rings. The van der Waals surface area contributed by atoms with Crippen LogP contribution in [0.15, 0.2) is 53.4 Å². The smallest absolute Gasteiger partial charge is 0.262 e. The molecule has 0 aromatic heterocycles. The number of anilines is 1. The van der Waals surface area contributed by atoms with Gasteiger partial charge in [-0.05, 0) is 43.7 Å². The van der Waals surface area contributed by atoms with Gasteiger partial charge in [-0.1, -0.05) is 24.3 Å². The predicted octanol–water partition coefficient (Wildman–Crippen LogP) is 2.56. The highest BCUT2D eigenvalue weighted by atomic mass is 32.2. The summed E-state index contributed by atoms with van der Waals surface area (Å²) >= 11 is 0. The second-order valence-corrected chi connectivity index (χ2v) is 7.43. The van der Waals surface area contributed by atoms with Crippen LogP contribution in [0.4, 0.5) is 5.69 Å². The quantitative estimate of drug-likeness (QED) is 0.793. The number of hydrogen-bond acceptors (Lipinski definition) is 4. The lowest BCUT2D eigenvalue weighted by Crippen LogP contribution is -2.35. The topological polar surface area (TPSA) is 84.5 Å². The maximum atomic E-state index is 12.7. The summed E-state index contributed by atoms with van der Waals surface area (Å²) in [5.41, 5.74) is 1.30. The van der Waals surface area contributed by atoms with Crippen LogP contribution in [0.3, 0.4) is 0 Å². The number of carbonyl (C=O) groups is 1. The van der Waals surface area contributed by atoms with Crippen molar-refractivity contribution in [2.24, 2.45) is 0 Å². The number of aryl methyl sites for hydroxylation is 1. The summed E-state index contributed by atoms with van der Waals surface area (Å²) in [7, 11) is -2.24. The van der Waals surface area contributed by atoms with E-state index < -0.39 is 10.0 Å². The molecule has 0 heterocycles. The van der Waals surface area contributed by atoms with E-state index in [2.05, 4.69) is 10.0 Å². The Morgan fingerprint density at radius 2 is 1.84 bits per heavy atom. The van der Waals surface area contributed by atoms with Crippen LogP contribution in [0.2, 0.25) is 0 Å². The largest absolute Gasteiger partial charge is 0.383 e. The highest BCUT2D eigenvalue weighted by Gasteiger charge is 2.20. The number of hydrogen-bond donors (Lipinski definition) is 2. The Morgan fingerprint density at radius 3 is 2.48 bits per heavy atom. The zero-order valence-electron chi connectivity index (χ0n) is 14.4. The van der Waals surface area contributed by atoms with E-state index in [0.717, 1.165) is 0 Å². The van der Waals surface area contributed by atoms with Crippen LogP contribution in [-0.2, 0) is 14.8 Å². The highest BCUT2D eigenvalue weighted by molar-refractivity contribution is 7.92. The number of para-hydroxylation sites is 1. The summed E-state index contributed by atoms with van der Waals surface area (Å²) in [5, 5.41) is 2.77. The van der Waals surface area contributed by atoms with Crippen LogP contribution in [0.25, 0.3) is 0 Å². The molecule has 1 amide bonds. The number of methoxy groups -OCH3 is 1. The molecule has 0 aliphatic heterocycles. The second kappa shape index (κ2) is 8.13. The third kappa shape index (κ3) is 5.04. The number of carbonyl (C=O) groups excluding carboxylic acids is 1. The molecule has 25 heavy (non-hydrogen) atoms. The Hall–Kier alpha value is -2.38. The Morgan fingerprint density at radius 1 is 1.16 bits per heavy atom. The van der Waals surface area contributed by atoms with Gasteiger partial charge >= 0.3 is 0 Å². The predicted molar refractivity (Wildman–Crippen MR) is 97.2 cm³/mol. The van der Waals surface area contributed by atoms with Gasteiger partial charge in [0, 0.05) is 24.4 Å². The fourth-order valence-corrected chi connectivity index (χ4v) is 3.68. The van der Waals surface area contributed by atoms with Gasteiger partial charge in [0.2, 0.25) is 0 Å². The molecule has 1 atom stereocenters. The molecule has 2 aromatic rings. The standard InChI is InChI=1S/C18H22N2O4S/c1-13-9-10-15(18(21)19-14(2)12-24-3)11-17(13)25(22,23)20-16-7-5-4-6-8-16/h4-11,14,20H,12H2,1-3H3,(H,19,21)/t14-/m0/s1. The van der Waals surface area contributed by atoms with Crippen LogP contribution in [0.5, 0.6) is 0 Å². The van der Waals surface area contributed by atoms with Gasteiger partial charge < -0.3 is 10.1 Å². The molecule has 6 nitrogen and oxygen atoms in total. The van der Waals surface area contributed by atoms with Crippen molar-refractivity contribution < 1.29 is 17.9 Å². The zero-order valence-corrected chi connectivity index (χ0v) is 15.3. The zero-order chi connectivity index (χ0) is 18.4. The van der Waals surface area contributed by atoms with Gasteiger partial charge in [-0.25, -0.2) is 8.42 Å². The van der Waals surface area contributed by atoms with Crippen molar-refractivity contribution in [2.45, 2.75) is 24.8 Å². The van der Waals surface area contributed by atoms with Gasteiger partial charge in [-0.3, -0.25) is 9.52 Å². The molecule has 134 valence electrons. The average molecular weight is 362 g/mol. The molecule has 0 saturated heterocycles. The third-order valence-corrected chi connectivity index (χ3v) is 5.08. The number of amides is 1. The summed E-state index contributed by atoms with van der Waals surface area (Å²) in [6.07, 6.45) is 0. The minimum Gasteiger partial charge on any atom is -0.383 e. The molecular weight excluding hydrogens is 340 g/mol. The lowest BCUT2D eigenvalue weighted by atomic mass is 10.1. The molecule has 7 heteroatoms. The normalized spacial score (nSPS) is 12.4. The maximum absolute atomic E-state index is 12.7. The van der Waals surface area contributed by atoms with Crippen LogP contribution in [0, 0.1) is 6.92 Å². The summed E-state index contributed by atoms with van der Waals surface area (Å²) in [6.45, 7) is 3.87. The highest BCUT2D eigenvalue weighted by Crippen LogP contribution is 2.20. The number of nitrogens with one attached hydrogen (secondary N) is 2. The van der Waals surface area contributed by atoms with Crippen molar-refractivity contribution >= 4 is 21.6 Å². The first-order valence-corrected chi connectivity index (χ1v) is 9.30. The Kier molecular flexibility index (Phi) is 6.17. The van der Waals surface area contributed by atoms with E-state index in [-0.39, 0.29) is 22.4 Å². The third-order valence-electron chi connectivity index (χ3n) is 3.56. The van der Waals surface area contributed by atoms with Gasteiger partial charge in [0.1, 0.15) is 0 Å². The van der Waals surface area contributed by atoms with Crippen molar-refractivity contribution in [2.75, 3.05) is 18.4 Å². The van der Waals surface area contributed by atoms with E-state index in [9.17, 15) is 13.2 Å². The molecule has 2 aromatic carbocycles. The molecule has 2 rings (SSSR count). The summed E-state index contributed by atoms with van der Waals surface area (Å²) < 4.78 is 32.8. The molecule has 0 saturated carbocycles. The molecule has 0 aliphatic carbocycles. The fourth-order valence-electron chi connectivity index (χ4n) is 2.35. The van der Waals surface area contributed by atoms with E-state index in [1.165, 1.54) is 6.07 Å². The first-order valence-electron chi connectivity index (χ1n) is 7.82. The number of sulfonamides is 1. The molecule has 0 spiro atoms. The van der Waals surface area contributed by atoms with E-state index in [1.54, 1.807) is 56.5 Å². The van der Waals surface area contributed by atoms with Gasteiger partial charge in [0.15, 0.2) is 0 Å². The molecule has 0 aliphatic rings. The monoisotopic (exact) mass is 362 g/mol. The first kappa shape index (κ1) is 19.0. The van der Waals surface area contributed by atoms with Crippen LogP contribution < -0.4 is 10.0 Å². The van der Waals surface area contributed by atoms with E-state index in [4.69, 9.17) is 4.74 Å². The molecular formula is C18H22N2O4S. The van der Waals surface area contributed by atoms with Gasteiger partial charge in [0.05, 0.1) is 11.5 Å². The number of ether oxygens (including phenoxy) is 1. The summed E-state index contributed by atoms with van der Waals surface area (Å²) in [4.78, 5) is 12.4. The Balaban J connectivity index is 2.27. The van der Waals surface area contributed by atoms with Crippen LogP contribution in [-0.4, -0.2) is 34.1 Å². The Bertz CT molecular complexity index is 835. The summed E-state index contributed by atoms with van der Waals surface area (Å²) in [5.74, 6) is -0.347. The van der Waals surface area contributed by atoms with E-state index >= 15 is 0 Å². The van der Waals surface area contributed by atoms with E-state index in [0.29, 0.717) is 17.9 Å². The van der Waals surface area contributed by atoms with Gasteiger partial charge in [-0.2, -0.15) is 0 Å². The SMILES string of the molecule is COC[C@H](C)NC(=O)c1ccc(C)c(S(=O)(=O)Nc2ccccc2)c1. The number of benzene rings is 2. The van der Waals surface area contributed by atoms with Gasteiger partial charge in [0.25, 0.3) is 15.9 Å². The summed E-state index contributed by atoms with van der Waals surface area (Å²) in [6, 6.07) is 13.0. The number of rotatable bonds is 7. The van der Waals surface area contributed by atoms with E-state index in [1.807, 2.05) is 6.92 Å². The molecule has 0 unspecified atom stereocenters. The molecule has 0 bridgehead atoms. The minimum atomic E-state index is -3.79. The Labute approximate surface area is 148 Å². The van der Waals surface area contributed by atoms with Crippen LogP contribution >= 0.6 is 0 Å². The average Bonchev–Trinajstić information content (AvgIpc) is 2.55. The fraction of sp³-hybridized carbons (Fsp3) is 0.278.